The molecule has 5 nitrogen and oxygen atoms in total. The summed E-state index contributed by atoms with van der Waals surface area (Å²) in [5, 5.41) is 3.00. The van der Waals surface area contributed by atoms with E-state index in [0.717, 1.165) is 24.3 Å². The Balaban J connectivity index is 1.46. The molecule has 142 valence electrons. The fourth-order valence-corrected chi connectivity index (χ4v) is 3.34. The van der Waals surface area contributed by atoms with E-state index in [0.29, 0.717) is 26.0 Å². The van der Waals surface area contributed by atoms with Crippen molar-refractivity contribution in [2.75, 3.05) is 18.1 Å². The number of rotatable bonds is 8. The molecule has 1 N–H and O–H groups in total. The molecule has 2 amide bonds. The van der Waals surface area contributed by atoms with Crippen molar-refractivity contribution in [3.63, 3.8) is 0 Å². The summed E-state index contributed by atoms with van der Waals surface area (Å²) < 4.78 is 5.43. The van der Waals surface area contributed by atoms with Crippen LogP contribution in [-0.2, 0) is 16.0 Å². The molecule has 1 atom stereocenters. The molecular formula is C22H26N2O3. The predicted octanol–water partition coefficient (Wildman–Crippen LogP) is 3.33. The van der Waals surface area contributed by atoms with E-state index in [-0.39, 0.29) is 17.9 Å². The van der Waals surface area contributed by atoms with Gasteiger partial charge in [-0.2, -0.15) is 0 Å². The van der Waals surface area contributed by atoms with E-state index in [1.54, 1.807) is 4.90 Å². The number of carbonyl (C=O) groups is 2. The van der Waals surface area contributed by atoms with Crippen molar-refractivity contribution in [1.82, 2.24) is 5.32 Å². The molecular weight excluding hydrogens is 340 g/mol. The van der Waals surface area contributed by atoms with Gasteiger partial charge in [0.1, 0.15) is 5.75 Å². The maximum absolute atomic E-state index is 12.3. The number of nitrogens with zero attached hydrogens (tertiary/aromatic N) is 1. The minimum Gasteiger partial charge on any atom is -0.494 e. The van der Waals surface area contributed by atoms with Crippen molar-refractivity contribution in [1.29, 1.82) is 0 Å². The SMILES string of the molecule is CCOc1ccc(N2CC(NC(=O)CCCc3ccccc3)CC2=O)cc1. The lowest BCUT2D eigenvalue weighted by Gasteiger charge is -2.17. The summed E-state index contributed by atoms with van der Waals surface area (Å²) in [6, 6.07) is 17.5. The summed E-state index contributed by atoms with van der Waals surface area (Å²) in [4.78, 5) is 26.2. The molecule has 0 aromatic heterocycles. The first-order valence-electron chi connectivity index (χ1n) is 9.52. The Morgan fingerprint density at radius 3 is 2.59 bits per heavy atom. The first-order chi connectivity index (χ1) is 13.2. The molecule has 1 aliphatic rings. The number of hydrogen-bond donors (Lipinski definition) is 1. The van der Waals surface area contributed by atoms with Gasteiger partial charge in [0.2, 0.25) is 11.8 Å². The topological polar surface area (TPSA) is 58.6 Å². The highest BCUT2D eigenvalue weighted by Crippen LogP contribution is 2.24. The highest BCUT2D eigenvalue weighted by molar-refractivity contribution is 5.96. The van der Waals surface area contributed by atoms with Gasteiger partial charge in [0, 0.05) is 25.1 Å². The van der Waals surface area contributed by atoms with Gasteiger partial charge in [0.05, 0.1) is 12.6 Å². The molecule has 1 fully saturated rings. The van der Waals surface area contributed by atoms with Gasteiger partial charge in [0.25, 0.3) is 0 Å². The van der Waals surface area contributed by atoms with Crippen LogP contribution < -0.4 is 15.0 Å². The lowest BCUT2D eigenvalue weighted by Crippen LogP contribution is -2.37. The average molecular weight is 366 g/mol. The van der Waals surface area contributed by atoms with Crippen LogP contribution in [0.2, 0.25) is 0 Å². The summed E-state index contributed by atoms with van der Waals surface area (Å²) in [7, 11) is 0. The van der Waals surface area contributed by atoms with Gasteiger partial charge in [0.15, 0.2) is 0 Å². The smallest absolute Gasteiger partial charge is 0.229 e. The summed E-state index contributed by atoms with van der Waals surface area (Å²) in [5.74, 6) is 0.835. The Morgan fingerprint density at radius 2 is 1.89 bits per heavy atom. The number of ether oxygens (including phenoxy) is 1. The van der Waals surface area contributed by atoms with Crippen LogP contribution in [0.5, 0.6) is 5.75 Å². The van der Waals surface area contributed by atoms with Gasteiger partial charge >= 0.3 is 0 Å². The van der Waals surface area contributed by atoms with Crippen LogP contribution in [0.4, 0.5) is 5.69 Å². The highest BCUT2D eigenvalue weighted by atomic mass is 16.5. The quantitative estimate of drug-likeness (QED) is 0.780. The molecule has 5 heteroatoms. The lowest BCUT2D eigenvalue weighted by molar-refractivity contribution is -0.121. The molecule has 1 heterocycles. The summed E-state index contributed by atoms with van der Waals surface area (Å²) in [6.07, 6.45) is 2.51. The van der Waals surface area contributed by atoms with Crippen LogP contribution in [0.15, 0.2) is 54.6 Å². The molecule has 27 heavy (non-hydrogen) atoms. The third kappa shape index (κ3) is 5.33. The molecule has 0 aliphatic carbocycles. The van der Waals surface area contributed by atoms with Gasteiger partial charge in [-0.05, 0) is 49.6 Å². The van der Waals surface area contributed by atoms with E-state index < -0.39 is 0 Å². The summed E-state index contributed by atoms with van der Waals surface area (Å²) in [6.45, 7) is 3.06. The normalized spacial score (nSPS) is 16.4. The van der Waals surface area contributed by atoms with Crippen molar-refractivity contribution in [3.05, 3.63) is 60.2 Å². The van der Waals surface area contributed by atoms with Gasteiger partial charge in [-0.3, -0.25) is 9.59 Å². The van der Waals surface area contributed by atoms with Gasteiger partial charge < -0.3 is 15.0 Å². The molecule has 1 aliphatic heterocycles. The van der Waals surface area contributed by atoms with Crippen molar-refractivity contribution < 1.29 is 14.3 Å². The zero-order valence-electron chi connectivity index (χ0n) is 15.7. The molecule has 1 saturated heterocycles. The van der Waals surface area contributed by atoms with Crippen molar-refractivity contribution >= 4 is 17.5 Å². The Kier molecular flexibility index (Phi) is 6.47. The summed E-state index contributed by atoms with van der Waals surface area (Å²) >= 11 is 0. The zero-order chi connectivity index (χ0) is 19.1. The van der Waals surface area contributed by atoms with E-state index in [9.17, 15) is 9.59 Å². The number of amides is 2. The second kappa shape index (κ2) is 9.21. The molecule has 3 rings (SSSR count). The van der Waals surface area contributed by atoms with Crippen LogP contribution in [0.1, 0.15) is 31.7 Å². The Hall–Kier alpha value is -2.82. The minimum absolute atomic E-state index is 0.0114. The predicted molar refractivity (Wildman–Crippen MR) is 106 cm³/mol. The monoisotopic (exact) mass is 366 g/mol. The fraction of sp³-hybridized carbons (Fsp3) is 0.364. The van der Waals surface area contributed by atoms with Gasteiger partial charge in [-0.15, -0.1) is 0 Å². The molecule has 0 saturated carbocycles. The van der Waals surface area contributed by atoms with Crippen LogP contribution in [-0.4, -0.2) is 31.0 Å². The molecule has 0 bridgehead atoms. The van der Waals surface area contributed by atoms with E-state index in [1.807, 2.05) is 49.4 Å². The summed E-state index contributed by atoms with van der Waals surface area (Å²) in [5.41, 5.74) is 2.08. The zero-order valence-corrected chi connectivity index (χ0v) is 15.7. The molecule has 0 radical (unpaired) electrons. The molecule has 1 unspecified atom stereocenters. The maximum atomic E-state index is 12.3. The number of aryl methyl sites for hydroxylation is 1. The second-order valence-electron chi connectivity index (χ2n) is 6.74. The maximum Gasteiger partial charge on any atom is 0.229 e. The van der Waals surface area contributed by atoms with E-state index in [4.69, 9.17) is 4.74 Å². The minimum atomic E-state index is -0.131. The molecule has 2 aromatic carbocycles. The first kappa shape index (κ1) is 19.0. The number of carbonyl (C=O) groups excluding carboxylic acids is 2. The van der Waals surface area contributed by atoms with Gasteiger partial charge in [-0.25, -0.2) is 0 Å². The lowest BCUT2D eigenvalue weighted by atomic mass is 10.1. The van der Waals surface area contributed by atoms with E-state index in [1.165, 1.54) is 5.56 Å². The molecule has 2 aromatic rings. The second-order valence-corrected chi connectivity index (χ2v) is 6.74. The largest absolute Gasteiger partial charge is 0.494 e. The van der Waals surface area contributed by atoms with E-state index in [2.05, 4.69) is 17.4 Å². The van der Waals surface area contributed by atoms with Crippen LogP contribution in [0.3, 0.4) is 0 Å². The van der Waals surface area contributed by atoms with E-state index >= 15 is 0 Å². The number of hydrogen-bond acceptors (Lipinski definition) is 3. The standard InChI is InChI=1S/C22H26N2O3/c1-2-27-20-13-11-19(12-14-20)24-16-18(15-22(24)26)23-21(25)10-6-9-17-7-4-3-5-8-17/h3-5,7-8,11-14,18H,2,6,9-10,15-16H2,1H3,(H,23,25). The average Bonchev–Trinajstić information content (AvgIpc) is 3.03. The van der Waals surface area contributed by atoms with Crippen LogP contribution >= 0.6 is 0 Å². The molecule has 0 spiro atoms. The highest BCUT2D eigenvalue weighted by Gasteiger charge is 2.31. The van der Waals surface area contributed by atoms with Crippen molar-refractivity contribution in [2.24, 2.45) is 0 Å². The first-order valence-corrected chi connectivity index (χ1v) is 9.52. The number of anilines is 1. The van der Waals surface area contributed by atoms with Crippen LogP contribution in [0.25, 0.3) is 0 Å². The Labute approximate surface area is 160 Å². The Bertz CT molecular complexity index is 759. The third-order valence-corrected chi connectivity index (χ3v) is 4.66. The number of nitrogens with one attached hydrogen (secondary N) is 1. The van der Waals surface area contributed by atoms with Gasteiger partial charge in [-0.1, -0.05) is 30.3 Å². The van der Waals surface area contributed by atoms with Crippen LogP contribution in [0, 0.1) is 0 Å². The Morgan fingerprint density at radius 1 is 1.15 bits per heavy atom. The number of benzene rings is 2. The fourth-order valence-electron chi connectivity index (χ4n) is 3.34. The van der Waals surface area contributed by atoms with Crippen molar-refractivity contribution in [3.8, 4) is 5.75 Å². The third-order valence-electron chi connectivity index (χ3n) is 4.66. The van der Waals surface area contributed by atoms with Crippen molar-refractivity contribution in [2.45, 2.75) is 38.6 Å².